The molecule has 0 fully saturated rings. The van der Waals surface area contributed by atoms with E-state index in [4.69, 9.17) is 9.47 Å². The maximum atomic E-state index is 12.6. The molecule has 0 unspecified atom stereocenters. The second-order valence-electron chi connectivity index (χ2n) is 7.70. The van der Waals surface area contributed by atoms with Crippen molar-refractivity contribution >= 4 is 8.07 Å². The molecule has 0 radical (unpaired) electrons. The lowest BCUT2D eigenvalue weighted by Gasteiger charge is -2.20. The van der Waals surface area contributed by atoms with Crippen molar-refractivity contribution in [1.29, 1.82) is 0 Å². The molecule has 2 atom stereocenters. The van der Waals surface area contributed by atoms with E-state index in [1.165, 1.54) is 12.1 Å². The van der Waals surface area contributed by atoms with Crippen LogP contribution in [0.5, 0.6) is 0 Å². The Hall–Kier alpha value is -1.37. The Labute approximate surface area is 184 Å². The van der Waals surface area contributed by atoms with E-state index in [-0.39, 0.29) is 32.8 Å². The fourth-order valence-corrected chi connectivity index (χ4v) is 5.66. The molecule has 176 valence electrons. The highest BCUT2D eigenvalue weighted by molar-refractivity contribution is 6.87. The Morgan fingerprint density at radius 2 is 1.42 bits per heavy atom. The van der Waals surface area contributed by atoms with Crippen LogP contribution in [0.15, 0.2) is 24.3 Å². The number of alkyl halides is 3. The Morgan fingerprint density at radius 3 is 1.90 bits per heavy atom. The lowest BCUT2D eigenvalue weighted by Crippen LogP contribution is -2.29. The fourth-order valence-electron chi connectivity index (χ4n) is 3.15. The number of halogens is 3. The molecule has 0 saturated heterocycles. The quantitative estimate of drug-likeness (QED) is 0.260. The largest absolute Gasteiger partial charge is 0.416 e. The first-order valence-corrected chi connectivity index (χ1v) is 13.5. The van der Waals surface area contributed by atoms with Gasteiger partial charge in [-0.1, -0.05) is 32.9 Å². The van der Waals surface area contributed by atoms with Crippen molar-refractivity contribution in [2.24, 2.45) is 0 Å². The third-order valence-corrected chi connectivity index (χ3v) is 10.2. The minimum Gasteiger partial charge on any atom is -0.390 e. The minimum atomic E-state index is -4.37. The van der Waals surface area contributed by atoms with Crippen molar-refractivity contribution in [3.05, 3.63) is 35.4 Å². The first-order valence-electron chi connectivity index (χ1n) is 10.8. The predicted octanol–water partition coefficient (Wildman–Crippen LogP) is 4.44. The SMILES string of the molecule is CC[Si](C#CC[C@@H](O)COCCOC[C@@H](O)Cc1ccc(C(F)(F)F)cc1)(CC)CC. The third kappa shape index (κ3) is 10.7. The van der Waals surface area contributed by atoms with E-state index in [2.05, 4.69) is 32.2 Å². The van der Waals surface area contributed by atoms with Gasteiger partial charge in [-0.2, -0.15) is 13.2 Å². The minimum absolute atomic E-state index is 0.0518. The van der Waals surface area contributed by atoms with E-state index < -0.39 is 32.0 Å². The molecule has 0 amide bonds. The number of ether oxygens (including phenoxy) is 2. The van der Waals surface area contributed by atoms with Gasteiger partial charge in [-0.15, -0.1) is 11.5 Å². The number of benzene rings is 1. The highest BCUT2D eigenvalue weighted by Crippen LogP contribution is 2.29. The summed E-state index contributed by atoms with van der Waals surface area (Å²) in [7, 11) is -1.49. The molecule has 1 aromatic rings. The van der Waals surface area contributed by atoms with Crippen LogP contribution in [-0.4, -0.2) is 56.9 Å². The summed E-state index contributed by atoms with van der Waals surface area (Å²) in [6, 6.07) is 8.09. The zero-order valence-electron chi connectivity index (χ0n) is 18.7. The molecule has 8 heteroatoms. The van der Waals surface area contributed by atoms with Gasteiger partial charge in [0.15, 0.2) is 0 Å². The first-order chi connectivity index (χ1) is 14.7. The molecule has 1 aromatic carbocycles. The standard InChI is InChI=1S/C23H35F3O4Si/c1-4-31(5-2,6-3)15-7-8-21(27)17-29-13-14-30-18-22(28)16-19-9-11-20(12-10-19)23(24,25)26/h9-12,21-22,27-28H,4-6,8,13-14,16-18H2,1-3H3/t21-,22+/m1/s1. The summed E-state index contributed by atoms with van der Waals surface area (Å²) in [5.41, 5.74) is 3.32. The molecular weight excluding hydrogens is 425 g/mol. The molecule has 0 heterocycles. The van der Waals surface area contributed by atoms with Crippen LogP contribution in [-0.2, 0) is 22.1 Å². The maximum Gasteiger partial charge on any atom is 0.416 e. The average Bonchev–Trinajstić information content (AvgIpc) is 2.74. The van der Waals surface area contributed by atoms with E-state index in [0.29, 0.717) is 12.0 Å². The Morgan fingerprint density at radius 1 is 0.903 bits per heavy atom. The van der Waals surface area contributed by atoms with Gasteiger partial charge in [0.1, 0.15) is 8.07 Å². The van der Waals surface area contributed by atoms with Gasteiger partial charge < -0.3 is 19.7 Å². The molecule has 0 saturated carbocycles. The molecular formula is C23H35F3O4Si. The van der Waals surface area contributed by atoms with E-state index in [9.17, 15) is 23.4 Å². The van der Waals surface area contributed by atoms with Gasteiger partial charge in [-0.25, -0.2) is 0 Å². The third-order valence-electron chi connectivity index (χ3n) is 5.47. The van der Waals surface area contributed by atoms with Crippen LogP contribution in [0.3, 0.4) is 0 Å². The van der Waals surface area contributed by atoms with Crippen LogP contribution < -0.4 is 0 Å². The number of hydrogen-bond donors (Lipinski definition) is 2. The topological polar surface area (TPSA) is 58.9 Å². The van der Waals surface area contributed by atoms with Gasteiger partial charge in [-0.05, 0) is 35.8 Å². The fraction of sp³-hybridized carbons (Fsp3) is 0.652. The Kier molecular flexibility index (Phi) is 12.4. The lowest BCUT2D eigenvalue weighted by atomic mass is 10.1. The number of hydrogen-bond acceptors (Lipinski definition) is 4. The van der Waals surface area contributed by atoms with Crippen molar-refractivity contribution in [1.82, 2.24) is 0 Å². The Bertz CT molecular complexity index is 671. The lowest BCUT2D eigenvalue weighted by molar-refractivity contribution is -0.137. The van der Waals surface area contributed by atoms with Crippen LogP contribution in [0, 0.1) is 11.5 Å². The van der Waals surface area contributed by atoms with Crippen LogP contribution in [0.4, 0.5) is 13.2 Å². The molecule has 0 aliphatic heterocycles. The average molecular weight is 461 g/mol. The van der Waals surface area contributed by atoms with Crippen molar-refractivity contribution in [3.63, 3.8) is 0 Å². The second kappa shape index (κ2) is 13.9. The van der Waals surface area contributed by atoms with Gasteiger partial charge >= 0.3 is 6.18 Å². The van der Waals surface area contributed by atoms with Crippen LogP contribution in [0.25, 0.3) is 0 Å². The number of aliphatic hydroxyl groups is 2. The summed E-state index contributed by atoms with van der Waals surface area (Å²) in [4.78, 5) is 0. The number of rotatable bonds is 13. The van der Waals surface area contributed by atoms with Crippen LogP contribution >= 0.6 is 0 Å². The van der Waals surface area contributed by atoms with Crippen molar-refractivity contribution in [2.45, 2.75) is 70.1 Å². The molecule has 31 heavy (non-hydrogen) atoms. The van der Waals surface area contributed by atoms with Gasteiger partial charge in [0.25, 0.3) is 0 Å². The molecule has 0 aliphatic carbocycles. The summed E-state index contributed by atoms with van der Waals surface area (Å²) in [5, 5.41) is 19.9. The van der Waals surface area contributed by atoms with Crippen LogP contribution in [0.1, 0.15) is 38.3 Å². The monoisotopic (exact) mass is 460 g/mol. The van der Waals surface area contributed by atoms with Crippen molar-refractivity contribution in [3.8, 4) is 11.5 Å². The van der Waals surface area contributed by atoms with E-state index >= 15 is 0 Å². The van der Waals surface area contributed by atoms with E-state index in [0.717, 1.165) is 30.3 Å². The highest BCUT2D eigenvalue weighted by atomic mass is 28.3. The summed E-state index contributed by atoms with van der Waals surface area (Å²) < 4.78 is 48.4. The van der Waals surface area contributed by atoms with Crippen LogP contribution in [0.2, 0.25) is 18.1 Å². The highest BCUT2D eigenvalue weighted by Gasteiger charge is 2.30. The van der Waals surface area contributed by atoms with Crippen molar-refractivity contribution in [2.75, 3.05) is 26.4 Å². The zero-order chi connectivity index (χ0) is 23.3. The first kappa shape index (κ1) is 27.7. The zero-order valence-corrected chi connectivity index (χ0v) is 19.7. The molecule has 4 nitrogen and oxygen atoms in total. The van der Waals surface area contributed by atoms with Gasteiger partial charge in [0.05, 0.1) is 44.2 Å². The summed E-state index contributed by atoms with van der Waals surface area (Å²) in [6.07, 6.45) is -5.24. The molecule has 2 N–H and O–H groups in total. The summed E-state index contributed by atoms with van der Waals surface area (Å²) in [5.74, 6) is 3.14. The molecule has 0 aromatic heterocycles. The van der Waals surface area contributed by atoms with E-state index in [1.807, 2.05) is 0 Å². The predicted molar refractivity (Wildman–Crippen MR) is 118 cm³/mol. The molecule has 0 bridgehead atoms. The molecule has 0 spiro atoms. The summed E-state index contributed by atoms with van der Waals surface area (Å²) in [6.45, 7) is 7.31. The van der Waals surface area contributed by atoms with E-state index in [1.54, 1.807) is 0 Å². The number of aliphatic hydroxyl groups excluding tert-OH is 2. The smallest absolute Gasteiger partial charge is 0.390 e. The normalized spacial score (nSPS) is 14.1. The van der Waals surface area contributed by atoms with Gasteiger partial charge in [-0.3, -0.25) is 0 Å². The molecule has 1 rings (SSSR count). The van der Waals surface area contributed by atoms with Gasteiger partial charge in [0.2, 0.25) is 0 Å². The van der Waals surface area contributed by atoms with Crippen molar-refractivity contribution < 1.29 is 32.9 Å². The Balaban J connectivity index is 2.19. The maximum absolute atomic E-state index is 12.6. The summed E-state index contributed by atoms with van der Waals surface area (Å²) >= 11 is 0. The molecule has 0 aliphatic rings. The second-order valence-corrected chi connectivity index (χ2v) is 12.6. The van der Waals surface area contributed by atoms with Gasteiger partial charge in [0, 0.05) is 12.8 Å².